The third-order valence-electron chi connectivity index (χ3n) is 3.59. The second-order valence-corrected chi connectivity index (χ2v) is 6.35. The third-order valence-corrected chi connectivity index (χ3v) is 3.59. The van der Waals surface area contributed by atoms with E-state index in [1.54, 1.807) is 4.90 Å². The minimum atomic E-state index is -0.778. The molecule has 0 atom stereocenters. The van der Waals surface area contributed by atoms with Gasteiger partial charge in [0.25, 0.3) is 0 Å². The van der Waals surface area contributed by atoms with Crippen LogP contribution < -0.4 is 0 Å². The lowest BCUT2D eigenvalue weighted by atomic mass is 10.1. The number of hydrogen-bond donors (Lipinski definition) is 1. The van der Waals surface area contributed by atoms with Crippen LogP contribution >= 0.6 is 0 Å². The molecule has 0 aromatic heterocycles. The molecule has 0 spiro atoms. The number of carboxylic acid groups (broad SMARTS) is 1. The summed E-state index contributed by atoms with van der Waals surface area (Å²) in [6.07, 6.45) is 7.29. The number of carbonyl (C=O) groups is 1. The second kappa shape index (κ2) is 12.9. The SMILES string of the molecule is CN(C)CCCCCCCCN(CCCN(C)C)C(=O)O. The van der Waals surface area contributed by atoms with Crippen LogP contribution in [0.2, 0.25) is 0 Å². The van der Waals surface area contributed by atoms with Crippen LogP contribution in [0.25, 0.3) is 0 Å². The summed E-state index contributed by atoms with van der Waals surface area (Å²) in [5.41, 5.74) is 0. The largest absolute Gasteiger partial charge is 0.465 e. The zero-order chi connectivity index (χ0) is 16.1. The molecule has 0 aliphatic rings. The number of amides is 1. The Morgan fingerprint density at radius 1 is 0.667 bits per heavy atom. The van der Waals surface area contributed by atoms with Crippen molar-refractivity contribution >= 4 is 6.09 Å². The molecule has 21 heavy (non-hydrogen) atoms. The monoisotopic (exact) mass is 301 g/mol. The predicted octanol–water partition coefficient (Wildman–Crippen LogP) is 2.82. The Bertz CT molecular complexity index is 258. The number of nitrogens with zero attached hydrogens (tertiary/aromatic N) is 3. The van der Waals surface area contributed by atoms with Crippen molar-refractivity contribution in [2.75, 3.05) is 54.4 Å². The summed E-state index contributed by atoms with van der Waals surface area (Å²) in [5.74, 6) is 0. The highest BCUT2D eigenvalue weighted by Gasteiger charge is 2.10. The van der Waals surface area contributed by atoms with Crippen molar-refractivity contribution in [3.63, 3.8) is 0 Å². The lowest BCUT2D eigenvalue weighted by Crippen LogP contribution is -2.33. The molecular weight excluding hydrogens is 266 g/mol. The fraction of sp³-hybridized carbons (Fsp3) is 0.938. The summed E-state index contributed by atoms with van der Waals surface area (Å²) in [5, 5.41) is 9.17. The Morgan fingerprint density at radius 3 is 1.52 bits per heavy atom. The number of unbranched alkanes of at least 4 members (excludes halogenated alkanes) is 5. The summed E-state index contributed by atoms with van der Waals surface area (Å²) in [7, 11) is 8.25. The van der Waals surface area contributed by atoms with Crippen molar-refractivity contribution in [2.45, 2.75) is 44.9 Å². The molecule has 0 saturated heterocycles. The van der Waals surface area contributed by atoms with E-state index in [9.17, 15) is 9.90 Å². The average molecular weight is 301 g/mol. The highest BCUT2D eigenvalue weighted by atomic mass is 16.4. The number of hydrogen-bond acceptors (Lipinski definition) is 3. The Hall–Kier alpha value is -0.810. The quantitative estimate of drug-likeness (QED) is 0.531. The zero-order valence-electron chi connectivity index (χ0n) is 14.5. The minimum Gasteiger partial charge on any atom is -0.465 e. The normalized spacial score (nSPS) is 11.3. The topological polar surface area (TPSA) is 47.0 Å². The first kappa shape index (κ1) is 20.2. The van der Waals surface area contributed by atoms with E-state index in [1.807, 2.05) is 14.1 Å². The maximum atomic E-state index is 11.2. The highest BCUT2D eigenvalue weighted by Crippen LogP contribution is 2.07. The molecule has 1 N–H and O–H groups in total. The van der Waals surface area contributed by atoms with Crippen LogP contribution in [0.1, 0.15) is 44.9 Å². The summed E-state index contributed by atoms with van der Waals surface area (Å²) < 4.78 is 0. The van der Waals surface area contributed by atoms with Crippen LogP contribution in [-0.4, -0.2) is 80.3 Å². The summed E-state index contributed by atoms with van der Waals surface area (Å²) in [6, 6.07) is 0. The van der Waals surface area contributed by atoms with Gasteiger partial charge >= 0.3 is 6.09 Å². The van der Waals surface area contributed by atoms with Gasteiger partial charge in [0.15, 0.2) is 0 Å². The summed E-state index contributed by atoms with van der Waals surface area (Å²) >= 11 is 0. The van der Waals surface area contributed by atoms with E-state index >= 15 is 0 Å². The second-order valence-electron chi connectivity index (χ2n) is 6.35. The lowest BCUT2D eigenvalue weighted by molar-refractivity contribution is 0.142. The molecule has 0 aliphatic heterocycles. The molecule has 0 aliphatic carbocycles. The van der Waals surface area contributed by atoms with E-state index in [0.717, 1.165) is 25.8 Å². The van der Waals surface area contributed by atoms with Gasteiger partial charge < -0.3 is 19.8 Å². The molecule has 126 valence electrons. The lowest BCUT2D eigenvalue weighted by Gasteiger charge is -2.20. The van der Waals surface area contributed by atoms with Gasteiger partial charge in [-0.2, -0.15) is 0 Å². The van der Waals surface area contributed by atoms with Crippen molar-refractivity contribution in [1.82, 2.24) is 14.7 Å². The van der Waals surface area contributed by atoms with Gasteiger partial charge in [-0.1, -0.05) is 25.7 Å². The van der Waals surface area contributed by atoms with Gasteiger partial charge in [0.05, 0.1) is 0 Å². The first-order chi connectivity index (χ1) is 9.93. The van der Waals surface area contributed by atoms with Gasteiger partial charge in [-0.25, -0.2) is 4.79 Å². The Morgan fingerprint density at radius 2 is 1.05 bits per heavy atom. The number of rotatable bonds is 13. The minimum absolute atomic E-state index is 0.649. The van der Waals surface area contributed by atoms with Gasteiger partial charge in [0, 0.05) is 13.1 Å². The first-order valence-electron chi connectivity index (χ1n) is 8.21. The molecule has 5 heteroatoms. The van der Waals surface area contributed by atoms with Gasteiger partial charge in [-0.05, 0) is 60.5 Å². The molecule has 0 unspecified atom stereocenters. The molecule has 5 nitrogen and oxygen atoms in total. The third kappa shape index (κ3) is 13.9. The van der Waals surface area contributed by atoms with Gasteiger partial charge in [0.1, 0.15) is 0 Å². The molecule has 0 saturated carbocycles. The van der Waals surface area contributed by atoms with Gasteiger partial charge in [0.2, 0.25) is 0 Å². The van der Waals surface area contributed by atoms with Crippen molar-refractivity contribution in [2.24, 2.45) is 0 Å². The standard InChI is InChI=1S/C16H35N3O2/c1-17(2)12-9-7-5-6-8-10-14-19(16(20)21)15-11-13-18(3)4/h5-15H2,1-4H3,(H,20,21). The van der Waals surface area contributed by atoms with E-state index in [-0.39, 0.29) is 0 Å². The van der Waals surface area contributed by atoms with E-state index < -0.39 is 6.09 Å². The van der Waals surface area contributed by atoms with Crippen LogP contribution in [-0.2, 0) is 0 Å². The van der Waals surface area contributed by atoms with Crippen molar-refractivity contribution < 1.29 is 9.90 Å². The van der Waals surface area contributed by atoms with Gasteiger partial charge in [-0.3, -0.25) is 0 Å². The maximum Gasteiger partial charge on any atom is 0.407 e. The van der Waals surface area contributed by atoms with Crippen LogP contribution in [0, 0.1) is 0 Å². The van der Waals surface area contributed by atoms with E-state index in [4.69, 9.17) is 0 Å². The Balaban J connectivity index is 3.54. The molecule has 0 heterocycles. The van der Waals surface area contributed by atoms with Crippen LogP contribution in [0.3, 0.4) is 0 Å². The van der Waals surface area contributed by atoms with Crippen molar-refractivity contribution in [3.05, 3.63) is 0 Å². The van der Waals surface area contributed by atoms with E-state index in [1.165, 1.54) is 32.2 Å². The van der Waals surface area contributed by atoms with E-state index in [0.29, 0.717) is 13.1 Å². The van der Waals surface area contributed by atoms with E-state index in [2.05, 4.69) is 23.9 Å². The summed E-state index contributed by atoms with van der Waals surface area (Å²) in [4.78, 5) is 17.0. The van der Waals surface area contributed by atoms with Crippen molar-refractivity contribution in [1.29, 1.82) is 0 Å². The summed E-state index contributed by atoms with van der Waals surface area (Å²) in [6.45, 7) is 3.44. The van der Waals surface area contributed by atoms with Crippen LogP contribution in [0.4, 0.5) is 4.79 Å². The highest BCUT2D eigenvalue weighted by molar-refractivity contribution is 5.64. The zero-order valence-corrected chi connectivity index (χ0v) is 14.5. The fourth-order valence-electron chi connectivity index (χ4n) is 2.32. The smallest absolute Gasteiger partial charge is 0.407 e. The molecule has 0 fully saturated rings. The molecule has 0 bridgehead atoms. The molecule has 1 amide bonds. The first-order valence-corrected chi connectivity index (χ1v) is 8.21. The van der Waals surface area contributed by atoms with Crippen molar-refractivity contribution in [3.8, 4) is 0 Å². The Kier molecular flexibility index (Phi) is 12.4. The molecule has 0 radical (unpaired) electrons. The maximum absolute atomic E-state index is 11.2. The van der Waals surface area contributed by atoms with Crippen LogP contribution in [0.15, 0.2) is 0 Å². The average Bonchev–Trinajstić information content (AvgIpc) is 2.38. The van der Waals surface area contributed by atoms with Crippen LogP contribution in [0.5, 0.6) is 0 Å². The fourth-order valence-corrected chi connectivity index (χ4v) is 2.32. The molecular formula is C16H35N3O2. The molecule has 0 aromatic carbocycles. The Labute approximate surface area is 130 Å². The molecule has 0 aromatic rings. The predicted molar refractivity (Wildman–Crippen MR) is 89.0 cm³/mol. The molecule has 0 rings (SSSR count). The van der Waals surface area contributed by atoms with Gasteiger partial charge in [-0.15, -0.1) is 0 Å².